The van der Waals surface area contributed by atoms with E-state index in [1.807, 2.05) is 18.2 Å². The summed E-state index contributed by atoms with van der Waals surface area (Å²) < 4.78 is 5.03. The summed E-state index contributed by atoms with van der Waals surface area (Å²) in [5, 5.41) is 3.36. The zero-order valence-corrected chi connectivity index (χ0v) is 10.2. The topological polar surface area (TPSA) is 84.0 Å². The maximum Gasteiger partial charge on any atom is 0.417 e. The molecular weight excluding hydrogens is 230 g/mol. The monoisotopic (exact) mass is 247 g/mol. The molecular formula is C13H17N3O2. The summed E-state index contributed by atoms with van der Waals surface area (Å²) in [5.41, 5.74) is 8.56. The molecule has 1 aromatic carbocycles. The van der Waals surface area contributed by atoms with Gasteiger partial charge in [-0.3, -0.25) is 4.98 Å². The number of H-pyrrole nitrogens is 1. The first-order chi connectivity index (χ1) is 8.65. The Morgan fingerprint density at radius 3 is 3.06 bits per heavy atom. The first kappa shape index (κ1) is 11.5. The minimum atomic E-state index is -0.404. The summed E-state index contributed by atoms with van der Waals surface area (Å²) >= 11 is 0. The van der Waals surface area contributed by atoms with E-state index in [2.05, 4.69) is 10.3 Å². The van der Waals surface area contributed by atoms with Crippen LogP contribution >= 0.6 is 0 Å². The minimum Gasteiger partial charge on any atom is -0.408 e. The molecule has 18 heavy (non-hydrogen) atoms. The Bertz CT molecular complexity index is 610. The van der Waals surface area contributed by atoms with E-state index >= 15 is 0 Å². The number of fused-ring (bicyclic) bond motifs is 1. The highest BCUT2D eigenvalue weighted by molar-refractivity contribution is 5.72. The molecule has 3 rings (SSSR count). The average Bonchev–Trinajstić information content (AvgIpc) is 2.94. The van der Waals surface area contributed by atoms with Crippen molar-refractivity contribution in [1.82, 2.24) is 10.3 Å². The Labute approximate surface area is 104 Å². The van der Waals surface area contributed by atoms with Gasteiger partial charge in [0.1, 0.15) is 0 Å². The van der Waals surface area contributed by atoms with Gasteiger partial charge in [-0.1, -0.05) is 6.07 Å². The van der Waals surface area contributed by atoms with Crippen LogP contribution in [0.1, 0.15) is 18.4 Å². The summed E-state index contributed by atoms with van der Waals surface area (Å²) in [6.07, 6.45) is 3.15. The molecule has 5 nitrogen and oxygen atoms in total. The van der Waals surface area contributed by atoms with E-state index in [1.165, 1.54) is 0 Å². The molecule has 1 saturated carbocycles. The normalized spacial score (nSPS) is 17.2. The highest BCUT2D eigenvalue weighted by atomic mass is 16.4. The van der Waals surface area contributed by atoms with Crippen molar-refractivity contribution in [1.29, 1.82) is 0 Å². The van der Waals surface area contributed by atoms with Crippen molar-refractivity contribution in [2.45, 2.75) is 24.8 Å². The van der Waals surface area contributed by atoms with Gasteiger partial charge in [0.05, 0.1) is 5.52 Å². The van der Waals surface area contributed by atoms with Crippen LogP contribution < -0.4 is 16.8 Å². The van der Waals surface area contributed by atoms with Crippen molar-refractivity contribution in [3.8, 4) is 0 Å². The van der Waals surface area contributed by atoms with Crippen molar-refractivity contribution in [2.75, 3.05) is 13.1 Å². The van der Waals surface area contributed by atoms with Crippen molar-refractivity contribution < 1.29 is 4.42 Å². The van der Waals surface area contributed by atoms with Crippen LogP contribution in [0.25, 0.3) is 11.1 Å². The second-order valence-electron chi connectivity index (χ2n) is 5.13. The lowest BCUT2D eigenvalue weighted by atomic mass is 10.1. The standard InChI is InChI=1S/C13H17N3O2/c14-13(4-5-13)8-15-6-3-9-1-2-10-11(7-9)18-12(17)16-10/h1-2,7,15H,3-6,8,14H2,(H,16,17). The van der Waals surface area contributed by atoms with Gasteiger partial charge in [0.25, 0.3) is 0 Å². The number of benzene rings is 1. The van der Waals surface area contributed by atoms with Gasteiger partial charge in [-0.25, -0.2) is 4.79 Å². The summed E-state index contributed by atoms with van der Waals surface area (Å²) in [5.74, 6) is -0.404. The third-order valence-electron chi connectivity index (χ3n) is 3.45. The number of nitrogens with one attached hydrogen (secondary N) is 2. The van der Waals surface area contributed by atoms with Crippen LogP contribution in [0, 0.1) is 0 Å². The fraction of sp³-hybridized carbons (Fsp3) is 0.462. The summed E-state index contributed by atoms with van der Waals surface area (Å²) in [6.45, 7) is 1.77. The van der Waals surface area contributed by atoms with E-state index in [4.69, 9.17) is 10.2 Å². The van der Waals surface area contributed by atoms with Crippen molar-refractivity contribution >= 4 is 11.1 Å². The molecule has 0 aliphatic heterocycles. The molecule has 1 aliphatic rings. The maximum absolute atomic E-state index is 11.0. The molecule has 5 heteroatoms. The third kappa shape index (κ3) is 2.47. The van der Waals surface area contributed by atoms with E-state index in [-0.39, 0.29) is 5.54 Å². The number of nitrogens with two attached hydrogens (primary N) is 1. The first-order valence-corrected chi connectivity index (χ1v) is 6.26. The number of hydrogen-bond donors (Lipinski definition) is 3. The van der Waals surface area contributed by atoms with Crippen LogP contribution in [0.3, 0.4) is 0 Å². The second-order valence-corrected chi connectivity index (χ2v) is 5.13. The Balaban J connectivity index is 1.58. The SMILES string of the molecule is NC1(CNCCc2ccc3[nH]c(=O)oc3c2)CC1. The number of oxazole rings is 1. The van der Waals surface area contributed by atoms with Crippen molar-refractivity contribution in [3.63, 3.8) is 0 Å². The predicted molar refractivity (Wildman–Crippen MR) is 69.6 cm³/mol. The highest BCUT2D eigenvalue weighted by Crippen LogP contribution is 2.30. The number of aromatic amines is 1. The molecule has 0 saturated heterocycles. The molecule has 1 aliphatic carbocycles. The van der Waals surface area contributed by atoms with Crippen LogP contribution in [0.4, 0.5) is 0 Å². The predicted octanol–water partition coefficient (Wildman–Crippen LogP) is 0.744. The van der Waals surface area contributed by atoms with E-state index in [9.17, 15) is 4.79 Å². The molecule has 0 spiro atoms. The van der Waals surface area contributed by atoms with Gasteiger partial charge in [-0.05, 0) is 43.5 Å². The Kier molecular flexibility index (Phi) is 2.72. The zero-order valence-electron chi connectivity index (χ0n) is 10.2. The lowest BCUT2D eigenvalue weighted by molar-refractivity contribution is 0.554. The molecule has 0 radical (unpaired) electrons. The smallest absolute Gasteiger partial charge is 0.408 e. The van der Waals surface area contributed by atoms with Crippen LogP contribution in [-0.4, -0.2) is 23.6 Å². The number of aromatic nitrogens is 1. The van der Waals surface area contributed by atoms with Crippen molar-refractivity contribution in [2.24, 2.45) is 5.73 Å². The van der Waals surface area contributed by atoms with E-state index in [0.29, 0.717) is 5.58 Å². The van der Waals surface area contributed by atoms with Gasteiger partial charge in [-0.2, -0.15) is 0 Å². The lowest BCUT2D eigenvalue weighted by Gasteiger charge is -2.09. The molecule has 0 bridgehead atoms. The Morgan fingerprint density at radius 1 is 1.44 bits per heavy atom. The van der Waals surface area contributed by atoms with Gasteiger partial charge >= 0.3 is 5.76 Å². The number of rotatable bonds is 5. The Hall–Kier alpha value is -1.59. The quantitative estimate of drug-likeness (QED) is 0.681. The van der Waals surface area contributed by atoms with Gasteiger partial charge in [0, 0.05) is 12.1 Å². The molecule has 96 valence electrons. The lowest BCUT2D eigenvalue weighted by Crippen LogP contribution is -2.36. The van der Waals surface area contributed by atoms with E-state index < -0.39 is 5.76 Å². The average molecular weight is 247 g/mol. The van der Waals surface area contributed by atoms with Gasteiger partial charge in [0.15, 0.2) is 5.58 Å². The third-order valence-corrected chi connectivity index (χ3v) is 3.45. The summed E-state index contributed by atoms with van der Waals surface area (Å²) in [4.78, 5) is 13.7. The van der Waals surface area contributed by atoms with Crippen LogP contribution in [0.2, 0.25) is 0 Å². The molecule has 1 fully saturated rings. The maximum atomic E-state index is 11.0. The highest BCUT2D eigenvalue weighted by Gasteiger charge is 2.37. The second kappa shape index (κ2) is 4.26. The van der Waals surface area contributed by atoms with Crippen molar-refractivity contribution in [3.05, 3.63) is 34.3 Å². The molecule has 1 aromatic heterocycles. The van der Waals surface area contributed by atoms with E-state index in [1.54, 1.807) is 0 Å². The van der Waals surface area contributed by atoms with Gasteiger partial charge < -0.3 is 15.5 Å². The molecule has 2 aromatic rings. The van der Waals surface area contributed by atoms with Gasteiger partial charge in [-0.15, -0.1) is 0 Å². The molecule has 0 atom stereocenters. The first-order valence-electron chi connectivity index (χ1n) is 6.26. The van der Waals surface area contributed by atoms with Gasteiger partial charge in [0.2, 0.25) is 0 Å². The Morgan fingerprint density at radius 2 is 2.28 bits per heavy atom. The number of hydrogen-bond acceptors (Lipinski definition) is 4. The molecule has 1 heterocycles. The minimum absolute atomic E-state index is 0.0530. The summed E-state index contributed by atoms with van der Waals surface area (Å²) in [6, 6.07) is 5.79. The molecule has 0 unspecified atom stereocenters. The fourth-order valence-electron chi connectivity index (χ4n) is 2.05. The van der Waals surface area contributed by atoms with Crippen LogP contribution in [0.5, 0.6) is 0 Å². The van der Waals surface area contributed by atoms with Crippen LogP contribution in [-0.2, 0) is 6.42 Å². The molecule has 4 N–H and O–H groups in total. The van der Waals surface area contributed by atoms with E-state index in [0.717, 1.165) is 43.4 Å². The molecule has 0 amide bonds. The summed E-state index contributed by atoms with van der Waals surface area (Å²) in [7, 11) is 0. The largest absolute Gasteiger partial charge is 0.417 e. The fourth-order valence-corrected chi connectivity index (χ4v) is 2.05. The van der Waals surface area contributed by atoms with Crippen LogP contribution in [0.15, 0.2) is 27.4 Å². The zero-order chi connectivity index (χ0) is 12.6.